The molecule has 1 amide bonds. The summed E-state index contributed by atoms with van der Waals surface area (Å²) in [4.78, 5) is 24.8. The minimum absolute atomic E-state index is 0.131. The molecule has 0 saturated heterocycles. The van der Waals surface area contributed by atoms with E-state index in [2.05, 4.69) is 11.9 Å². The van der Waals surface area contributed by atoms with Gasteiger partial charge in [0.25, 0.3) is 11.5 Å². The summed E-state index contributed by atoms with van der Waals surface area (Å²) < 4.78 is 18.2. The summed E-state index contributed by atoms with van der Waals surface area (Å²) in [6.07, 6.45) is 3.35. The fourth-order valence-electron chi connectivity index (χ4n) is 3.16. The zero-order valence-electron chi connectivity index (χ0n) is 15.7. The molecule has 7 nitrogen and oxygen atoms in total. The van der Waals surface area contributed by atoms with Crippen molar-refractivity contribution in [3.8, 4) is 17.2 Å². The maximum absolute atomic E-state index is 12.5. The Hall–Kier alpha value is -3.74. The third kappa shape index (κ3) is 3.94. The van der Waals surface area contributed by atoms with Crippen LogP contribution < -0.4 is 25.1 Å². The number of amides is 1. The Bertz CT molecular complexity index is 1140. The molecule has 1 aromatic heterocycles. The minimum atomic E-state index is -0.321. The van der Waals surface area contributed by atoms with Crippen molar-refractivity contribution in [2.45, 2.75) is 6.54 Å². The number of nitrogens with one attached hydrogen (secondary N) is 1. The van der Waals surface area contributed by atoms with Crippen LogP contribution in [0.15, 0.2) is 66.1 Å². The van der Waals surface area contributed by atoms with Crippen LogP contribution in [-0.2, 0) is 11.3 Å². The molecule has 1 N–H and O–H groups in total. The van der Waals surface area contributed by atoms with E-state index in [1.807, 2.05) is 0 Å². The van der Waals surface area contributed by atoms with Gasteiger partial charge in [-0.25, -0.2) is 0 Å². The fraction of sp³-hybridized carbons (Fsp3) is 0.182. The third-order valence-electron chi connectivity index (χ3n) is 4.49. The zero-order valence-corrected chi connectivity index (χ0v) is 15.7. The number of fused-ring (bicyclic) bond motifs is 2. The van der Waals surface area contributed by atoms with Gasteiger partial charge in [0.05, 0.1) is 5.39 Å². The zero-order chi connectivity index (χ0) is 20.2. The number of hydrogen-bond acceptors (Lipinski definition) is 5. The quantitative estimate of drug-likeness (QED) is 0.653. The monoisotopic (exact) mass is 392 g/mol. The molecule has 7 heteroatoms. The predicted octanol–water partition coefficient (Wildman–Crippen LogP) is 2.98. The maximum Gasteiger partial charge on any atom is 0.262 e. The van der Waals surface area contributed by atoms with Gasteiger partial charge in [-0.3, -0.25) is 9.59 Å². The number of nitrogens with zero attached hydrogens (tertiary/aromatic N) is 1. The molecule has 1 aliphatic heterocycles. The van der Waals surface area contributed by atoms with Crippen molar-refractivity contribution in [2.24, 2.45) is 0 Å². The summed E-state index contributed by atoms with van der Waals surface area (Å²) in [6, 6.07) is 12.2. The number of aromatic nitrogens is 1. The molecule has 1 aliphatic rings. The van der Waals surface area contributed by atoms with E-state index in [0.717, 1.165) is 0 Å². The average molecular weight is 392 g/mol. The van der Waals surface area contributed by atoms with Gasteiger partial charge in [-0.05, 0) is 30.3 Å². The standard InChI is InChI=1S/C22H20N2O5/c1-2-9-24-10-8-16-17(22(24)26)4-3-5-18(16)29-14-21(25)23-15-6-7-19-20(13-15)28-12-11-27-19/h2-8,10,13H,1,9,11-12,14H2,(H,23,25). The first-order valence-electron chi connectivity index (χ1n) is 9.21. The Morgan fingerprint density at radius 1 is 1.14 bits per heavy atom. The van der Waals surface area contributed by atoms with Crippen molar-refractivity contribution < 1.29 is 19.0 Å². The predicted molar refractivity (Wildman–Crippen MR) is 110 cm³/mol. The highest BCUT2D eigenvalue weighted by molar-refractivity contribution is 5.93. The Labute approximate surface area is 167 Å². The molecule has 0 bridgehead atoms. The van der Waals surface area contributed by atoms with Crippen LogP contribution in [0, 0.1) is 0 Å². The second-order valence-corrected chi connectivity index (χ2v) is 6.47. The highest BCUT2D eigenvalue weighted by Gasteiger charge is 2.13. The first-order chi connectivity index (χ1) is 14.2. The summed E-state index contributed by atoms with van der Waals surface area (Å²) in [5.41, 5.74) is 0.460. The van der Waals surface area contributed by atoms with Crippen molar-refractivity contribution in [3.63, 3.8) is 0 Å². The van der Waals surface area contributed by atoms with Gasteiger partial charge in [0.15, 0.2) is 18.1 Å². The number of rotatable bonds is 6. The fourth-order valence-corrected chi connectivity index (χ4v) is 3.16. The Morgan fingerprint density at radius 3 is 2.79 bits per heavy atom. The van der Waals surface area contributed by atoms with Gasteiger partial charge < -0.3 is 24.1 Å². The second kappa shape index (κ2) is 8.10. The summed E-state index contributed by atoms with van der Waals surface area (Å²) in [7, 11) is 0. The summed E-state index contributed by atoms with van der Waals surface area (Å²) >= 11 is 0. The Kier molecular flexibility index (Phi) is 5.20. The molecule has 4 rings (SSSR count). The Balaban J connectivity index is 1.46. The van der Waals surface area contributed by atoms with Gasteiger partial charge >= 0.3 is 0 Å². The van der Waals surface area contributed by atoms with Crippen molar-refractivity contribution >= 4 is 22.4 Å². The smallest absolute Gasteiger partial charge is 0.262 e. The number of allylic oxidation sites excluding steroid dienone is 1. The number of pyridine rings is 1. The molecule has 0 spiro atoms. The van der Waals surface area contributed by atoms with Gasteiger partial charge in [0.1, 0.15) is 19.0 Å². The lowest BCUT2D eigenvalue weighted by atomic mass is 10.1. The van der Waals surface area contributed by atoms with Crippen molar-refractivity contribution in [1.29, 1.82) is 0 Å². The van der Waals surface area contributed by atoms with Crippen LogP contribution in [0.2, 0.25) is 0 Å². The number of hydrogen-bond donors (Lipinski definition) is 1. The molecular weight excluding hydrogens is 372 g/mol. The molecule has 2 heterocycles. The topological polar surface area (TPSA) is 78.8 Å². The molecule has 0 unspecified atom stereocenters. The Morgan fingerprint density at radius 2 is 1.97 bits per heavy atom. The van der Waals surface area contributed by atoms with Gasteiger partial charge in [0, 0.05) is 29.9 Å². The van der Waals surface area contributed by atoms with E-state index >= 15 is 0 Å². The van der Waals surface area contributed by atoms with Crippen LogP contribution in [0.1, 0.15) is 0 Å². The van der Waals surface area contributed by atoms with Crippen molar-refractivity contribution in [2.75, 3.05) is 25.1 Å². The van der Waals surface area contributed by atoms with Gasteiger partial charge in [-0.1, -0.05) is 12.1 Å². The SMILES string of the molecule is C=CCn1ccc2c(OCC(=O)Nc3ccc4c(c3)OCCO4)cccc2c1=O. The van der Waals surface area contributed by atoms with E-state index < -0.39 is 0 Å². The number of carbonyl (C=O) groups is 1. The highest BCUT2D eigenvalue weighted by Crippen LogP contribution is 2.32. The largest absolute Gasteiger partial charge is 0.486 e. The van der Waals surface area contributed by atoms with E-state index in [4.69, 9.17) is 14.2 Å². The number of anilines is 1. The molecule has 0 atom stereocenters. The van der Waals surface area contributed by atoms with Crippen LogP contribution >= 0.6 is 0 Å². The first kappa shape index (κ1) is 18.6. The van der Waals surface area contributed by atoms with Crippen molar-refractivity contribution in [3.05, 3.63) is 71.7 Å². The summed E-state index contributed by atoms with van der Waals surface area (Å²) in [5.74, 6) is 1.41. The maximum atomic E-state index is 12.5. The van der Waals surface area contributed by atoms with E-state index in [1.54, 1.807) is 59.3 Å². The van der Waals surface area contributed by atoms with Crippen LogP contribution in [0.25, 0.3) is 10.8 Å². The molecule has 0 aliphatic carbocycles. The molecule has 29 heavy (non-hydrogen) atoms. The number of carbonyl (C=O) groups excluding carboxylic acids is 1. The average Bonchev–Trinajstić information content (AvgIpc) is 2.74. The lowest BCUT2D eigenvalue weighted by molar-refractivity contribution is -0.118. The highest BCUT2D eigenvalue weighted by atomic mass is 16.6. The molecule has 148 valence electrons. The first-order valence-corrected chi connectivity index (χ1v) is 9.21. The molecule has 3 aromatic rings. The van der Waals surface area contributed by atoms with Crippen LogP contribution in [0.4, 0.5) is 5.69 Å². The van der Waals surface area contributed by atoms with Gasteiger partial charge in [0.2, 0.25) is 0 Å². The normalized spacial score (nSPS) is 12.4. The van der Waals surface area contributed by atoms with Crippen LogP contribution in [0.3, 0.4) is 0 Å². The number of benzene rings is 2. The second-order valence-electron chi connectivity index (χ2n) is 6.47. The summed E-state index contributed by atoms with van der Waals surface area (Å²) in [5, 5.41) is 3.96. The van der Waals surface area contributed by atoms with Gasteiger partial charge in [-0.15, -0.1) is 6.58 Å². The minimum Gasteiger partial charge on any atom is -0.486 e. The van der Waals surface area contributed by atoms with E-state index in [0.29, 0.717) is 53.5 Å². The van der Waals surface area contributed by atoms with E-state index in [-0.39, 0.29) is 18.1 Å². The molecular formula is C22H20N2O5. The van der Waals surface area contributed by atoms with E-state index in [1.165, 1.54) is 0 Å². The lowest BCUT2D eigenvalue weighted by Crippen LogP contribution is -2.21. The van der Waals surface area contributed by atoms with Crippen molar-refractivity contribution in [1.82, 2.24) is 4.57 Å². The third-order valence-corrected chi connectivity index (χ3v) is 4.49. The van der Waals surface area contributed by atoms with E-state index in [9.17, 15) is 9.59 Å². The van der Waals surface area contributed by atoms with Gasteiger partial charge in [-0.2, -0.15) is 0 Å². The molecule has 0 fully saturated rings. The molecule has 2 aromatic carbocycles. The lowest BCUT2D eigenvalue weighted by Gasteiger charge is -2.19. The van der Waals surface area contributed by atoms with Crippen LogP contribution in [0.5, 0.6) is 17.2 Å². The summed E-state index contributed by atoms with van der Waals surface area (Å²) in [6.45, 7) is 4.88. The molecule has 0 saturated carbocycles. The number of ether oxygens (including phenoxy) is 3. The molecule has 0 radical (unpaired) electrons. The van der Waals surface area contributed by atoms with Crippen LogP contribution in [-0.4, -0.2) is 30.3 Å².